The summed E-state index contributed by atoms with van der Waals surface area (Å²) in [5, 5.41) is 2.49. The van der Waals surface area contributed by atoms with Crippen molar-refractivity contribution in [1.82, 2.24) is 0 Å². The maximum absolute atomic E-state index is 12.9. The van der Waals surface area contributed by atoms with Crippen molar-refractivity contribution in [2.45, 2.75) is 16.0 Å². The van der Waals surface area contributed by atoms with Crippen LogP contribution in [-0.4, -0.2) is 8.42 Å². The molecule has 2 aromatic carbocycles. The van der Waals surface area contributed by atoms with Crippen LogP contribution in [0.15, 0.2) is 51.3 Å². The molecule has 126 valence electrons. The van der Waals surface area contributed by atoms with E-state index in [0.717, 1.165) is 0 Å². The summed E-state index contributed by atoms with van der Waals surface area (Å²) in [5.74, 6) is 0. The van der Waals surface area contributed by atoms with Crippen molar-refractivity contribution < 1.29 is 21.6 Å². The molecule has 0 aliphatic rings. The van der Waals surface area contributed by atoms with Gasteiger partial charge in [0.1, 0.15) is 0 Å². The highest BCUT2D eigenvalue weighted by Crippen LogP contribution is 2.41. The van der Waals surface area contributed by atoms with Gasteiger partial charge in [-0.1, -0.05) is 28.3 Å². The van der Waals surface area contributed by atoms with Gasteiger partial charge >= 0.3 is 6.18 Å². The molecule has 5 nitrogen and oxygen atoms in total. The van der Waals surface area contributed by atoms with Gasteiger partial charge in [0.05, 0.1) is 26.1 Å². The SMILES string of the molecule is [N-]=[N+]=Nc1cc(C(F)(F)F)c(Cl)cc1S(=O)(=O)c1ccc(Cl)cc1. The van der Waals surface area contributed by atoms with Gasteiger partial charge in [-0.25, -0.2) is 8.42 Å². The van der Waals surface area contributed by atoms with E-state index in [1.165, 1.54) is 24.3 Å². The number of alkyl halides is 3. The van der Waals surface area contributed by atoms with Crippen molar-refractivity contribution in [2.75, 3.05) is 0 Å². The van der Waals surface area contributed by atoms with E-state index < -0.39 is 37.2 Å². The van der Waals surface area contributed by atoms with Gasteiger partial charge in [-0.2, -0.15) is 13.2 Å². The molecule has 0 radical (unpaired) electrons. The molecule has 0 bridgehead atoms. The van der Waals surface area contributed by atoms with Crippen LogP contribution in [0, 0.1) is 0 Å². The van der Waals surface area contributed by atoms with E-state index in [2.05, 4.69) is 10.0 Å². The van der Waals surface area contributed by atoms with Gasteiger partial charge in [-0.3, -0.25) is 0 Å². The maximum atomic E-state index is 12.9. The van der Waals surface area contributed by atoms with Crippen LogP contribution in [0.3, 0.4) is 0 Å². The van der Waals surface area contributed by atoms with Gasteiger partial charge in [0.25, 0.3) is 0 Å². The second-order valence-electron chi connectivity index (χ2n) is 4.44. The predicted molar refractivity (Wildman–Crippen MR) is 82.2 cm³/mol. The lowest BCUT2D eigenvalue weighted by Gasteiger charge is -2.13. The quantitative estimate of drug-likeness (QED) is 0.374. The lowest BCUT2D eigenvalue weighted by atomic mass is 10.2. The van der Waals surface area contributed by atoms with Crippen LogP contribution >= 0.6 is 23.2 Å². The van der Waals surface area contributed by atoms with Crippen LogP contribution in [0.4, 0.5) is 18.9 Å². The maximum Gasteiger partial charge on any atom is 0.417 e. The molecule has 0 aliphatic heterocycles. The van der Waals surface area contributed by atoms with E-state index in [0.29, 0.717) is 12.1 Å². The molecule has 2 rings (SSSR count). The summed E-state index contributed by atoms with van der Waals surface area (Å²) in [7, 11) is -4.27. The van der Waals surface area contributed by atoms with E-state index in [1.807, 2.05) is 0 Å². The fourth-order valence-electron chi connectivity index (χ4n) is 1.84. The lowest BCUT2D eigenvalue weighted by molar-refractivity contribution is -0.137. The number of sulfone groups is 1. The highest BCUT2D eigenvalue weighted by atomic mass is 35.5. The Hall–Kier alpha value is -1.93. The van der Waals surface area contributed by atoms with Crippen LogP contribution in [0.25, 0.3) is 10.4 Å². The minimum atomic E-state index is -4.83. The summed E-state index contributed by atoms with van der Waals surface area (Å²) in [5.41, 5.74) is 6.50. The Kier molecular flexibility index (Phi) is 5.00. The Morgan fingerprint density at radius 2 is 1.67 bits per heavy atom. The first-order valence-electron chi connectivity index (χ1n) is 6.04. The predicted octanol–water partition coefficient (Wildman–Crippen LogP) is 5.79. The van der Waals surface area contributed by atoms with E-state index >= 15 is 0 Å². The van der Waals surface area contributed by atoms with Gasteiger partial charge in [-0.05, 0) is 41.9 Å². The second-order valence-corrected chi connectivity index (χ2v) is 7.21. The highest BCUT2D eigenvalue weighted by molar-refractivity contribution is 7.91. The molecule has 11 heteroatoms. The summed E-state index contributed by atoms with van der Waals surface area (Å²) >= 11 is 11.2. The van der Waals surface area contributed by atoms with Crippen molar-refractivity contribution in [3.05, 3.63) is 62.4 Å². The minimum Gasteiger partial charge on any atom is -0.219 e. The van der Waals surface area contributed by atoms with Gasteiger partial charge in [0.15, 0.2) is 0 Å². The zero-order valence-corrected chi connectivity index (χ0v) is 13.7. The standard InChI is InChI=1S/C13H6Cl2F3N3O2S/c14-7-1-3-8(4-2-7)24(22,23)12-6-10(15)9(13(16,17)18)5-11(12)20-21-19/h1-6H. The van der Waals surface area contributed by atoms with Crippen molar-refractivity contribution in [3.8, 4) is 0 Å². The summed E-state index contributed by atoms with van der Waals surface area (Å²) in [6.07, 6.45) is -4.83. The number of halogens is 5. The lowest BCUT2D eigenvalue weighted by Crippen LogP contribution is -2.08. The molecule has 24 heavy (non-hydrogen) atoms. The first-order valence-corrected chi connectivity index (χ1v) is 8.28. The van der Waals surface area contributed by atoms with E-state index in [-0.39, 0.29) is 9.92 Å². The number of hydrogen-bond donors (Lipinski definition) is 0. The molecule has 0 saturated heterocycles. The zero-order chi connectivity index (χ0) is 18.1. The van der Waals surface area contributed by atoms with Gasteiger partial charge in [0, 0.05) is 9.93 Å². The molecule has 0 spiro atoms. The number of benzene rings is 2. The van der Waals surface area contributed by atoms with E-state index in [4.69, 9.17) is 28.7 Å². The van der Waals surface area contributed by atoms with Gasteiger partial charge in [-0.15, -0.1) is 0 Å². The molecule has 0 N–H and O–H groups in total. The Labute approximate surface area is 144 Å². The van der Waals surface area contributed by atoms with E-state index in [9.17, 15) is 21.6 Å². The Bertz CT molecular complexity index is 938. The van der Waals surface area contributed by atoms with Crippen molar-refractivity contribution >= 4 is 38.7 Å². The smallest absolute Gasteiger partial charge is 0.219 e. The molecule has 2 aromatic rings. The normalized spacial score (nSPS) is 11.9. The fourth-order valence-corrected chi connectivity index (χ4v) is 3.70. The molecule has 0 atom stereocenters. The van der Waals surface area contributed by atoms with Crippen molar-refractivity contribution in [3.63, 3.8) is 0 Å². The number of azide groups is 1. The van der Waals surface area contributed by atoms with Gasteiger partial charge in [0.2, 0.25) is 9.84 Å². The van der Waals surface area contributed by atoms with Crippen LogP contribution in [0.2, 0.25) is 10.0 Å². The zero-order valence-electron chi connectivity index (χ0n) is 11.4. The molecule has 0 saturated carbocycles. The van der Waals surface area contributed by atoms with E-state index in [1.54, 1.807) is 0 Å². The number of rotatable bonds is 3. The molecule has 0 heterocycles. The first kappa shape index (κ1) is 18.4. The number of hydrogen-bond acceptors (Lipinski definition) is 3. The monoisotopic (exact) mass is 395 g/mol. The molecule has 0 unspecified atom stereocenters. The average molecular weight is 396 g/mol. The average Bonchev–Trinajstić information content (AvgIpc) is 2.48. The Morgan fingerprint density at radius 3 is 2.17 bits per heavy atom. The summed E-state index contributed by atoms with van der Waals surface area (Å²) < 4.78 is 63.8. The van der Waals surface area contributed by atoms with Crippen LogP contribution in [0.1, 0.15) is 5.56 Å². The molecule has 0 aliphatic carbocycles. The minimum absolute atomic E-state index is 0.239. The second kappa shape index (κ2) is 6.52. The molecule has 0 amide bonds. The Morgan fingerprint density at radius 1 is 1.08 bits per heavy atom. The van der Waals surface area contributed by atoms with Crippen molar-refractivity contribution in [2.24, 2.45) is 5.11 Å². The summed E-state index contributed by atoms with van der Waals surface area (Å²) in [4.78, 5) is 1.49. The Balaban J connectivity index is 2.76. The molecule has 0 aromatic heterocycles. The van der Waals surface area contributed by atoms with Crippen LogP contribution in [-0.2, 0) is 16.0 Å². The van der Waals surface area contributed by atoms with Crippen LogP contribution in [0.5, 0.6) is 0 Å². The topological polar surface area (TPSA) is 82.9 Å². The summed E-state index contributed by atoms with van der Waals surface area (Å²) in [6, 6.07) is 5.94. The fraction of sp³-hybridized carbons (Fsp3) is 0.0769. The highest BCUT2D eigenvalue weighted by Gasteiger charge is 2.35. The van der Waals surface area contributed by atoms with Crippen LogP contribution < -0.4 is 0 Å². The van der Waals surface area contributed by atoms with Gasteiger partial charge < -0.3 is 0 Å². The van der Waals surface area contributed by atoms with Crippen molar-refractivity contribution in [1.29, 1.82) is 0 Å². The molecule has 0 fully saturated rings. The summed E-state index contributed by atoms with van der Waals surface area (Å²) in [6.45, 7) is 0. The third-order valence-electron chi connectivity index (χ3n) is 2.92. The largest absolute Gasteiger partial charge is 0.417 e. The number of nitrogens with zero attached hydrogens (tertiary/aromatic N) is 3. The molecular weight excluding hydrogens is 390 g/mol. The first-order chi connectivity index (χ1) is 11.1. The molecular formula is C13H6Cl2F3N3O2S. The third kappa shape index (κ3) is 3.59. The third-order valence-corrected chi connectivity index (χ3v) is 5.28.